The molecule has 19 heavy (non-hydrogen) atoms. The minimum Gasteiger partial charge on any atom is -0.467 e. The predicted octanol–water partition coefficient (Wildman–Crippen LogP) is 3.09. The van der Waals surface area contributed by atoms with Gasteiger partial charge in [-0.25, -0.2) is 4.79 Å². The van der Waals surface area contributed by atoms with Crippen molar-refractivity contribution in [1.29, 1.82) is 0 Å². The van der Waals surface area contributed by atoms with Gasteiger partial charge in [-0.2, -0.15) is 0 Å². The summed E-state index contributed by atoms with van der Waals surface area (Å²) in [6.07, 6.45) is 5.07. The van der Waals surface area contributed by atoms with E-state index in [-0.39, 0.29) is 6.03 Å². The Kier molecular flexibility index (Phi) is 3.23. The molecule has 0 atom stereocenters. The van der Waals surface area contributed by atoms with Crippen molar-refractivity contribution in [2.24, 2.45) is 0 Å². The Labute approximate surface area is 111 Å². The molecule has 0 bridgehead atoms. The van der Waals surface area contributed by atoms with Gasteiger partial charge in [0.25, 0.3) is 0 Å². The van der Waals surface area contributed by atoms with E-state index in [0.29, 0.717) is 6.54 Å². The highest BCUT2D eigenvalue weighted by molar-refractivity contribution is 5.89. The Balaban J connectivity index is 1.57. The van der Waals surface area contributed by atoms with Crippen LogP contribution in [0.5, 0.6) is 0 Å². The molecule has 1 aromatic carbocycles. The van der Waals surface area contributed by atoms with E-state index < -0.39 is 0 Å². The van der Waals surface area contributed by atoms with Gasteiger partial charge in [-0.05, 0) is 54.7 Å². The molecule has 3 rings (SSSR count). The van der Waals surface area contributed by atoms with Crippen LogP contribution in [0, 0.1) is 0 Å². The number of benzene rings is 1. The molecular formula is C15H16N2O2. The average Bonchev–Trinajstić information content (AvgIpc) is 3.07. The Bertz CT molecular complexity index is 576. The highest BCUT2D eigenvalue weighted by Crippen LogP contribution is 2.24. The number of furan rings is 1. The number of carbonyl (C=O) groups excluding carboxylic acids is 1. The summed E-state index contributed by atoms with van der Waals surface area (Å²) < 4.78 is 5.15. The fraction of sp³-hybridized carbons (Fsp3) is 0.267. The van der Waals surface area contributed by atoms with Gasteiger partial charge < -0.3 is 15.1 Å². The monoisotopic (exact) mass is 256 g/mol. The first-order valence-electron chi connectivity index (χ1n) is 6.50. The van der Waals surface area contributed by atoms with E-state index in [1.807, 2.05) is 12.1 Å². The zero-order chi connectivity index (χ0) is 13.1. The standard InChI is InChI=1S/C15H16N2O2/c18-15(16-10-14-5-2-8-19-14)17-13-7-6-11-3-1-4-12(11)9-13/h2,5-9H,1,3-4,10H2,(H2,16,17,18). The molecular weight excluding hydrogens is 240 g/mol. The molecule has 0 radical (unpaired) electrons. The van der Waals surface area contributed by atoms with Crippen molar-refractivity contribution in [2.45, 2.75) is 25.8 Å². The first-order chi connectivity index (χ1) is 9.31. The number of carbonyl (C=O) groups is 1. The van der Waals surface area contributed by atoms with Crippen LogP contribution in [0.1, 0.15) is 23.3 Å². The smallest absolute Gasteiger partial charge is 0.319 e. The van der Waals surface area contributed by atoms with Gasteiger partial charge in [0.1, 0.15) is 5.76 Å². The van der Waals surface area contributed by atoms with Crippen LogP contribution in [0.15, 0.2) is 41.0 Å². The summed E-state index contributed by atoms with van der Waals surface area (Å²) in [5.41, 5.74) is 3.60. The maximum atomic E-state index is 11.7. The number of anilines is 1. The second kappa shape index (κ2) is 5.18. The number of nitrogens with one attached hydrogen (secondary N) is 2. The van der Waals surface area contributed by atoms with Crippen LogP contribution in [-0.2, 0) is 19.4 Å². The summed E-state index contributed by atoms with van der Waals surface area (Å²) in [5.74, 6) is 0.740. The molecule has 0 saturated carbocycles. The van der Waals surface area contributed by atoms with E-state index in [4.69, 9.17) is 4.42 Å². The summed E-state index contributed by atoms with van der Waals surface area (Å²) in [5, 5.41) is 5.60. The first kappa shape index (κ1) is 11.8. The number of hydrogen-bond acceptors (Lipinski definition) is 2. The Hall–Kier alpha value is -2.23. The molecule has 98 valence electrons. The van der Waals surface area contributed by atoms with Crippen LogP contribution in [0.25, 0.3) is 0 Å². The third-order valence-electron chi connectivity index (χ3n) is 3.36. The second-order valence-electron chi connectivity index (χ2n) is 4.72. The highest BCUT2D eigenvalue weighted by Gasteiger charge is 2.11. The van der Waals surface area contributed by atoms with Gasteiger partial charge in [-0.15, -0.1) is 0 Å². The quantitative estimate of drug-likeness (QED) is 0.886. The largest absolute Gasteiger partial charge is 0.467 e. The van der Waals surface area contributed by atoms with Crippen LogP contribution >= 0.6 is 0 Å². The normalized spacial score (nSPS) is 13.1. The number of aryl methyl sites for hydroxylation is 2. The van der Waals surface area contributed by atoms with Gasteiger partial charge in [0.2, 0.25) is 0 Å². The van der Waals surface area contributed by atoms with Crippen molar-refractivity contribution >= 4 is 11.7 Å². The van der Waals surface area contributed by atoms with Crippen molar-refractivity contribution in [2.75, 3.05) is 5.32 Å². The average molecular weight is 256 g/mol. The molecule has 0 fully saturated rings. The maximum absolute atomic E-state index is 11.7. The third kappa shape index (κ3) is 2.78. The topological polar surface area (TPSA) is 54.3 Å². The fourth-order valence-electron chi connectivity index (χ4n) is 2.41. The lowest BCUT2D eigenvalue weighted by atomic mass is 10.1. The van der Waals surface area contributed by atoms with E-state index in [0.717, 1.165) is 24.3 Å². The summed E-state index contributed by atoms with van der Waals surface area (Å²) in [6, 6.07) is 9.54. The summed E-state index contributed by atoms with van der Waals surface area (Å²) in [7, 11) is 0. The minimum absolute atomic E-state index is 0.214. The number of hydrogen-bond donors (Lipinski definition) is 2. The SMILES string of the molecule is O=C(NCc1ccco1)Nc1ccc2c(c1)CCC2. The van der Waals surface area contributed by atoms with Crippen molar-refractivity contribution in [3.8, 4) is 0 Å². The first-order valence-corrected chi connectivity index (χ1v) is 6.50. The fourth-order valence-corrected chi connectivity index (χ4v) is 2.41. The van der Waals surface area contributed by atoms with E-state index in [1.54, 1.807) is 12.3 Å². The van der Waals surface area contributed by atoms with Gasteiger partial charge in [0, 0.05) is 5.69 Å². The number of fused-ring (bicyclic) bond motifs is 1. The molecule has 0 unspecified atom stereocenters. The third-order valence-corrected chi connectivity index (χ3v) is 3.36. The van der Waals surface area contributed by atoms with Gasteiger partial charge in [0.15, 0.2) is 0 Å². The van der Waals surface area contributed by atoms with Crippen molar-refractivity contribution in [3.63, 3.8) is 0 Å². The lowest BCUT2D eigenvalue weighted by Crippen LogP contribution is -2.28. The van der Waals surface area contributed by atoms with Crippen LogP contribution < -0.4 is 10.6 Å². The molecule has 0 saturated heterocycles. The molecule has 0 aliphatic heterocycles. The number of urea groups is 1. The molecule has 2 N–H and O–H groups in total. The molecule has 1 aliphatic carbocycles. The van der Waals surface area contributed by atoms with Crippen LogP contribution in [-0.4, -0.2) is 6.03 Å². The minimum atomic E-state index is -0.214. The van der Waals surface area contributed by atoms with Crippen LogP contribution in [0.4, 0.5) is 10.5 Å². The molecule has 1 aliphatic rings. The van der Waals surface area contributed by atoms with E-state index in [2.05, 4.69) is 22.8 Å². The van der Waals surface area contributed by atoms with Crippen LogP contribution in [0.2, 0.25) is 0 Å². The Morgan fingerprint density at radius 2 is 2.11 bits per heavy atom. The lowest BCUT2D eigenvalue weighted by Gasteiger charge is -2.08. The number of rotatable bonds is 3. The van der Waals surface area contributed by atoms with Crippen molar-refractivity contribution in [1.82, 2.24) is 5.32 Å². The van der Waals surface area contributed by atoms with E-state index >= 15 is 0 Å². The van der Waals surface area contributed by atoms with Gasteiger partial charge >= 0.3 is 6.03 Å². The molecule has 1 heterocycles. The maximum Gasteiger partial charge on any atom is 0.319 e. The molecule has 2 amide bonds. The Morgan fingerprint density at radius 1 is 1.21 bits per heavy atom. The second-order valence-corrected chi connectivity index (χ2v) is 4.72. The summed E-state index contributed by atoms with van der Waals surface area (Å²) in [4.78, 5) is 11.7. The zero-order valence-electron chi connectivity index (χ0n) is 10.6. The molecule has 4 heteroatoms. The molecule has 0 spiro atoms. The summed E-state index contributed by atoms with van der Waals surface area (Å²) >= 11 is 0. The van der Waals surface area contributed by atoms with Crippen LogP contribution in [0.3, 0.4) is 0 Å². The van der Waals surface area contributed by atoms with E-state index in [1.165, 1.54) is 17.5 Å². The van der Waals surface area contributed by atoms with Crippen molar-refractivity contribution in [3.05, 3.63) is 53.5 Å². The van der Waals surface area contributed by atoms with Gasteiger partial charge in [0.05, 0.1) is 12.8 Å². The lowest BCUT2D eigenvalue weighted by molar-refractivity contribution is 0.251. The molecule has 2 aromatic rings. The Morgan fingerprint density at radius 3 is 2.95 bits per heavy atom. The van der Waals surface area contributed by atoms with E-state index in [9.17, 15) is 4.79 Å². The van der Waals surface area contributed by atoms with Crippen molar-refractivity contribution < 1.29 is 9.21 Å². The van der Waals surface area contributed by atoms with Gasteiger partial charge in [-0.1, -0.05) is 6.07 Å². The highest BCUT2D eigenvalue weighted by atomic mass is 16.3. The number of amides is 2. The predicted molar refractivity (Wildman–Crippen MR) is 73.0 cm³/mol. The summed E-state index contributed by atoms with van der Waals surface area (Å²) in [6.45, 7) is 0.393. The van der Waals surface area contributed by atoms with Gasteiger partial charge in [-0.3, -0.25) is 0 Å². The zero-order valence-corrected chi connectivity index (χ0v) is 10.6. The molecule has 4 nitrogen and oxygen atoms in total. The molecule has 1 aromatic heterocycles.